The molecule has 2 rings (SSSR count). The van der Waals surface area contributed by atoms with E-state index in [1.807, 2.05) is 0 Å². The lowest BCUT2D eigenvalue weighted by Gasteiger charge is -2.13. The molecule has 0 unspecified atom stereocenters. The van der Waals surface area contributed by atoms with Crippen molar-refractivity contribution >= 4 is 15.9 Å². The average Bonchev–Trinajstić information content (AvgIpc) is 2.43. The van der Waals surface area contributed by atoms with E-state index in [9.17, 15) is 5.11 Å². The van der Waals surface area contributed by atoms with Gasteiger partial charge in [-0.05, 0) is 53.2 Å². The molecule has 1 aromatic carbocycles. The monoisotopic (exact) mass is 270 g/mol. The second kappa shape index (κ2) is 4.44. The van der Waals surface area contributed by atoms with Gasteiger partial charge in [0.15, 0.2) is 11.5 Å². The Bertz CT molecular complexity index is 374. The SMILES string of the molecule is COc1c(Br)cc2c(c1O)CCCCC2. The zero-order valence-electron chi connectivity index (χ0n) is 8.85. The van der Waals surface area contributed by atoms with Gasteiger partial charge in [-0.3, -0.25) is 0 Å². The van der Waals surface area contributed by atoms with Crippen LogP contribution in [0.25, 0.3) is 0 Å². The predicted molar refractivity (Wildman–Crippen MR) is 63.6 cm³/mol. The molecule has 2 nitrogen and oxygen atoms in total. The first-order valence-corrected chi connectivity index (χ1v) is 6.10. The van der Waals surface area contributed by atoms with Crippen molar-refractivity contribution in [3.63, 3.8) is 0 Å². The van der Waals surface area contributed by atoms with E-state index in [2.05, 4.69) is 22.0 Å². The summed E-state index contributed by atoms with van der Waals surface area (Å²) in [5, 5.41) is 10.1. The van der Waals surface area contributed by atoms with Gasteiger partial charge in [0.25, 0.3) is 0 Å². The third-order valence-corrected chi connectivity index (χ3v) is 3.57. The number of ether oxygens (including phenoxy) is 1. The Morgan fingerprint density at radius 2 is 2.00 bits per heavy atom. The van der Waals surface area contributed by atoms with E-state index < -0.39 is 0 Å². The lowest BCUT2D eigenvalue weighted by atomic mass is 10.0. The van der Waals surface area contributed by atoms with Crippen LogP contribution >= 0.6 is 15.9 Å². The van der Waals surface area contributed by atoms with Crippen LogP contribution in [-0.4, -0.2) is 12.2 Å². The number of hydrogen-bond donors (Lipinski definition) is 1. The Labute approximate surface area is 98.4 Å². The van der Waals surface area contributed by atoms with Crippen LogP contribution in [0.5, 0.6) is 11.5 Å². The first-order chi connectivity index (χ1) is 7.24. The molecule has 1 aromatic rings. The molecule has 0 saturated heterocycles. The third-order valence-electron chi connectivity index (χ3n) is 2.98. The van der Waals surface area contributed by atoms with Gasteiger partial charge in [-0.1, -0.05) is 6.42 Å². The summed E-state index contributed by atoms with van der Waals surface area (Å²) in [6, 6.07) is 2.08. The number of phenolic OH excluding ortho intramolecular Hbond substituents is 1. The van der Waals surface area contributed by atoms with Crippen LogP contribution in [0, 0.1) is 0 Å². The number of aromatic hydroxyl groups is 1. The summed E-state index contributed by atoms with van der Waals surface area (Å²) < 4.78 is 6.04. The number of halogens is 1. The van der Waals surface area contributed by atoms with Crippen LogP contribution in [0.2, 0.25) is 0 Å². The van der Waals surface area contributed by atoms with Gasteiger partial charge in [0.2, 0.25) is 0 Å². The Morgan fingerprint density at radius 1 is 1.27 bits per heavy atom. The highest BCUT2D eigenvalue weighted by molar-refractivity contribution is 9.10. The van der Waals surface area contributed by atoms with E-state index in [4.69, 9.17) is 4.74 Å². The fraction of sp³-hybridized carbons (Fsp3) is 0.500. The maximum absolute atomic E-state index is 10.1. The fourth-order valence-corrected chi connectivity index (χ4v) is 2.82. The molecular weight excluding hydrogens is 256 g/mol. The Kier molecular flexibility index (Phi) is 3.19. The minimum Gasteiger partial charge on any atom is -0.504 e. The van der Waals surface area contributed by atoms with E-state index in [-0.39, 0.29) is 0 Å². The first kappa shape index (κ1) is 10.8. The number of fused-ring (bicyclic) bond motifs is 1. The van der Waals surface area contributed by atoms with Crippen LogP contribution in [0.15, 0.2) is 10.5 Å². The largest absolute Gasteiger partial charge is 0.504 e. The summed E-state index contributed by atoms with van der Waals surface area (Å²) in [5.41, 5.74) is 2.34. The average molecular weight is 271 g/mol. The maximum Gasteiger partial charge on any atom is 0.174 e. The number of benzene rings is 1. The zero-order valence-corrected chi connectivity index (χ0v) is 10.4. The van der Waals surface area contributed by atoms with Gasteiger partial charge in [-0.15, -0.1) is 0 Å². The summed E-state index contributed by atoms with van der Waals surface area (Å²) in [4.78, 5) is 0. The van der Waals surface area contributed by atoms with Crippen molar-refractivity contribution in [2.24, 2.45) is 0 Å². The molecule has 0 heterocycles. The molecule has 0 aromatic heterocycles. The number of aryl methyl sites for hydroxylation is 1. The summed E-state index contributed by atoms with van der Waals surface area (Å²) in [6.45, 7) is 0. The zero-order chi connectivity index (χ0) is 10.8. The molecule has 0 atom stereocenters. The normalized spacial score (nSPS) is 15.6. The van der Waals surface area contributed by atoms with Crippen molar-refractivity contribution in [1.82, 2.24) is 0 Å². The maximum atomic E-state index is 10.1. The van der Waals surface area contributed by atoms with Crippen molar-refractivity contribution in [1.29, 1.82) is 0 Å². The van der Waals surface area contributed by atoms with E-state index in [1.165, 1.54) is 18.4 Å². The molecule has 0 amide bonds. The molecule has 3 heteroatoms. The summed E-state index contributed by atoms with van der Waals surface area (Å²) in [7, 11) is 1.59. The number of rotatable bonds is 1. The molecular formula is C12H15BrO2. The molecule has 0 saturated carbocycles. The fourth-order valence-electron chi connectivity index (χ4n) is 2.20. The first-order valence-electron chi connectivity index (χ1n) is 5.31. The lowest BCUT2D eigenvalue weighted by molar-refractivity contribution is 0.368. The molecule has 1 aliphatic rings. The molecule has 0 aliphatic heterocycles. The van der Waals surface area contributed by atoms with Crippen LogP contribution in [0.4, 0.5) is 0 Å². The Balaban J connectivity index is 2.53. The highest BCUT2D eigenvalue weighted by Crippen LogP contribution is 2.41. The van der Waals surface area contributed by atoms with E-state index in [1.54, 1.807) is 7.11 Å². The third kappa shape index (κ3) is 1.98. The van der Waals surface area contributed by atoms with Crippen molar-refractivity contribution in [3.8, 4) is 11.5 Å². The molecule has 0 radical (unpaired) electrons. The van der Waals surface area contributed by atoms with Gasteiger partial charge in [0.05, 0.1) is 11.6 Å². The van der Waals surface area contributed by atoms with Crippen molar-refractivity contribution < 1.29 is 9.84 Å². The van der Waals surface area contributed by atoms with E-state index in [0.29, 0.717) is 11.5 Å². The summed E-state index contributed by atoms with van der Waals surface area (Å²) in [5.74, 6) is 0.888. The molecule has 15 heavy (non-hydrogen) atoms. The van der Waals surface area contributed by atoms with Crippen LogP contribution < -0.4 is 4.74 Å². The molecule has 1 aliphatic carbocycles. The van der Waals surface area contributed by atoms with Gasteiger partial charge in [0.1, 0.15) is 0 Å². The number of methoxy groups -OCH3 is 1. The highest BCUT2D eigenvalue weighted by atomic mass is 79.9. The van der Waals surface area contributed by atoms with Crippen molar-refractivity contribution in [2.45, 2.75) is 32.1 Å². The summed E-state index contributed by atoms with van der Waals surface area (Å²) in [6.07, 6.45) is 5.64. The molecule has 82 valence electrons. The minimum atomic E-state index is 0.323. The number of hydrogen-bond acceptors (Lipinski definition) is 2. The topological polar surface area (TPSA) is 29.5 Å². The van der Waals surface area contributed by atoms with Crippen LogP contribution in [0.1, 0.15) is 30.4 Å². The van der Waals surface area contributed by atoms with Gasteiger partial charge < -0.3 is 9.84 Å². The van der Waals surface area contributed by atoms with Crippen LogP contribution in [0.3, 0.4) is 0 Å². The highest BCUT2D eigenvalue weighted by Gasteiger charge is 2.18. The molecule has 1 N–H and O–H groups in total. The second-order valence-electron chi connectivity index (χ2n) is 3.94. The minimum absolute atomic E-state index is 0.323. The van der Waals surface area contributed by atoms with Gasteiger partial charge in [0, 0.05) is 5.56 Å². The van der Waals surface area contributed by atoms with Crippen molar-refractivity contribution in [2.75, 3.05) is 7.11 Å². The lowest BCUT2D eigenvalue weighted by Crippen LogP contribution is -1.95. The van der Waals surface area contributed by atoms with Gasteiger partial charge in [-0.2, -0.15) is 0 Å². The standard InChI is InChI=1S/C12H15BrO2/c1-15-12-10(13)7-8-5-3-2-4-6-9(8)11(12)14/h7,14H,2-6H2,1H3. The molecule has 0 bridgehead atoms. The molecule has 0 fully saturated rings. The van der Waals surface area contributed by atoms with Crippen LogP contribution in [-0.2, 0) is 12.8 Å². The van der Waals surface area contributed by atoms with Crippen molar-refractivity contribution in [3.05, 3.63) is 21.7 Å². The number of phenols is 1. The quantitative estimate of drug-likeness (QED) is 0.793. The van der Waals surface area contributed by atoms with E-state index in [0.717, 1.165) is 29.3 Å². The van der Waals surface area contributed by atoms with Gasteiger partial charge >= 0.3 is 0 Å². The molecule has 0 spiro atoms. The predicted octanol–water partition coefficient (Wildman–Crippen LogP) is 3.43. The van der Waals surface area contributed by atoms with E-state index >= 15 is 0 Å². The van der Waals surface area contributed by atoms with Gasteiger partial charge in [-0.25, -0.2) is 0 Å². The Morgan fingerprint density at radius 3 is 2.73 bits per heavy atom. The smallest absolute Gasteiger partial charge is 0.174 e. The Hall–Kier alpha value is -0.700. The summed E-state index contributed by atoms with van der Waals surface area (Å²) >= 11 is 3.43. The second-order valence-corrected chi connectivity index (χ2v) is 4.79.